The first-order valence-electron chi connectivity index (χ1n) is 7.34. The van der Waals surface area contributed by atoms with Gasteiger partial charge < -0.3 is 4.74 Å². The average Bonchev–Trinajstić information content (AvgIpc) is 2.43. The molecule has 0 aromatic rings. The van der Waals surface area contributed by atoms with E-state index in [1.54, 1.807) is 7.11 Å². The van der Waals surface area contributed by atoms with Gasteiger partial charge in [0.2, 0.25) is 0 Å². The predicted octanol–water partition coefficient (Wildman–Crippen LogP) is 2.88. The molecular formula is C15H29NO2. The molecule has 2 atom stereocenters. The number of piperidine rings is 1. The largest absolute Gasteiger partial charge is 0.385 e. The fourth-order valence-electron chi connectivity index (χ4n) is 2.90. The first-order valence-corrected chi connectivity index (χ1v) is 7.34. The standard InChI is InChI=1S/C15H29NO2/c1-5-15(3,16-10-7-6-8-11-16)14(17)13(2)9-12-18-4/h13H,5-12H2,1-4H3. The molecule has 1 aliphatic rings. The van der Waals surface area contributed by atoms with Gasteiger partial charge in [-0.25, -0.2) is 0 Å². The van der Waals surface area contributed by atoms with Crippen molar-refractivity contribution in [1.82, 2.24) is 4.90 Å². The summed E-state index contributed by atoms with van der Waals surface area (Å²) < 4.78 is 5.09. The van der Waals surface area contributed by atoms with E-state index in [9.17, 15) is 4.79 Å². The van der Waals surface area contributed by atoms with Crippen LogP contribution < -0.4 is 0 Å². The highest BCUT2D eigenvalue weighted by Gasteiger charge is 2.39. The number of nitrogens with zero attached hydrogens (tertiary/aromatic N) is 1. The van der Waals surface area contributed by atoms with Crippen LogP contribution >= 0.6 is 0 Å². The number of hydrogen-bond acceptors (Lipinski definition) is 3. The van der Waals surface area contributed by atoms with Gasteiger partial charge in [-0.2, -0.15) is 0 Å². The third kappa shape index (κ3) is 3.55. The molecule has 106 valence electrons. The quantitative estimate of drug-likeness (QED) is 0.700. The SMILES string of the molecule is CCC(C)(C(=O)C(C)CCOC)N1CCCCC1. The van der Waals surface area contributed by atoms with Gasteiger partial charge in [-0.15, -0.1) is 0 Å². The fraction of sp³-hybridized carbons (Fsp3) is 0.933. The molecule has 0 bridgehead atoms. The lowest BCUT2D eigenvalue weighted by Gasteiger charge is -2.43. The highest BCUT2D eigenvalue weighted by Crippen LogP contribution is 2.28. The molecule has 1 saturated heterocycles. The summed E-state index contributed by atoms with van der Waals surface area (Å²) in [6.07, 6.45) is 5.51. The second-order valence-corrected chi connectivity index (χ2v) is 5.72. The van der Waals surface area contributed by atoms with Crippen LogP contribution in [0.2, 0.25) is 0 Å². The minimum Gasteiger partial charge on any atom is -0.385 e. The summed E-state index contributed by atoms with van der Waals surface area (Å²) in [6.45, 7) is 9.13. The molecular weight excluding hydrogens is 226 g/mol. The van der Waals surface area contributed by atoms with Crippen LogP contribution in [0.15, 0.2) is 0 Å². The number of ether oxygens (including phenoxy) is 1. The molecule has 0 radical (unpaired) electrons. The molecule has 1 aliphatic heterocycles. The van der Waals surface area contributed by atoms with Crippen LogP contribution in [0, 0.1) is 5.92 Å². The second kappa shape index (κ2) is 7.25. The molecule has 1 fully saturated rings. The van der Waals surface area contributed by atoms with Gasteiger partial charge in [-0.05, 0) is 45.7 Å². The molecule has 0 saturated carbocycles. The van der Waals surface area contributed by atoms with Gasteiger partial charge in [0.15, 0.2) is 5.78 Å². The van der Waals surface area contributed by atoms with Crippen LogP contribution in [0.5, 0.6) is 0 Å². The zero-order valence-electron chi connectivity index (χ0n) is 12.5. The van der Waals surface area contributed by atoms with E-state index >= 15 is 0 Å². The van der Waals surface area contributed by atoms with Crippen LogP contribution in [0.1, 0.15) is 52.9 Å². The van der Waals surface area contributed by atoms with Gasteiger partial charge in [0, 0.05) is 19.6 Å². The zero-order valence-corrected chi connectivity index (χ0v) is 12.5. The van der Waals surface area contributed by atoms with Crippen molar-refractivity contribution in [2.75, 3.05) is 26.8 Å². The Hall–Kier alpha value is -0.410. The van der Waals surface area contributed by atoms with Crippen molar-refractivity contribution in [3.05, 3.63) is 0 Å². The fourth-order valence-corrected chi connectivity index (χ4v) is 2.90. The summed E-state index contributed by atoms with van der Waals surface area (Å²) >= 11 is 0. The smallest absolute Gasteiger partial charge is 0.155 e. The Morgan fingerprint density at radius 2 is 1.94 bits per heavy atom. The van der Waals surface area contributed by atoms with Crippen LogP contribution in [0.3, 0.4) is 0 Å². The first kappa shape index (κ1) is 15.6. The molecule has 18 heavy (non-hydrogen) atoms. The van der Waals surface area contributed by atoms with Gasteiger partial charge in [-0.3, -0.25) is 9.69 Å². The number of rotatable bonds is 7. The van der Waals surface area contributed by atoms with Crippen molar-refractivity contribution in [3.8, 4) is 0 Å². The molecule has 1 rings (SSSR count). The predicted molar refractivity (Wildman–Crippen MR) is 74.8 cm³/mol. The van der Waals surface area contributed by atoms with Crippen molar-refractivity contribution in [2.24, 2.45) is 5.92 Å². The summed E-state index contributed by atoms with van der Waals surface area (Å²) in [4.78, 5) is 15.1. The van der Waals surface area contributed by atoms with E-state index in [4.69, 9.17) is 4.74 Å². The maximum atomic E-state index is 12.7. The zero-order chi connectivity index (χ0) is 13.6. The lowest BCUT2D eigenvalue weighted by Crippen LogP contribution is -2.55. The molecule has 1 heterocycles. The Kier molecular flexibility index (Phi) is 6.30. The van der Waals surface area contributed by atoms with Crippen molar-refractivity contribution < 1.29 is 9.53 Å². The maximum Gasteiger partial charge on any atom is 0.155 e. The van der Waals surface area contributed by atoms with Crippen LogP contribution in [-0.2, 0) is 9.53 Å². The highest BCUT2D eigenvalue weighted by molar-refractivity contribution is 5.89. The minimum atomic E-state index is -0.270. The van der Waals surface area contributed by atoms with E-state index in [0.29, 0.717) is 12.4 Å². The lowest BCUT2D eigenvalue weighted by atomic mass is 9.82. The van der Waals surface area contributed by atoms with Gasteiger partial charge in [0.1, 0.15) is 0 Å². The van der Waals surface area contributed by atoms with Gasteiger partial charge >= 0.3 is 0 Å². The van der Waals surface area contributed by atoms with Crippen molar-refractivity contribution >= 4 is 5.78 Å². The van der Waals surface area contributed by atoms with Gasteiger partial charge in [0.25, 0.3) is 0 Å². The monoisotopic (exact) mass is 255 g/mol. The number of methoxy groups -OCH3 is 1. The Bertz CT molecular complexity index is 261. The van der Waals surface area contributed by atoms with E-state index in [1.807, 2.05) is 6.92 Å². The Balaban J connectivity index is 2.69. The maximum absolute atomic E-state index is 12.7. The number of likely N-dealkylation sites (tertiary alicyclic amines) is 1. The van der Waals surface area contributed by atoms with Crippen LogP contribution in [-0.4, -0.2) is 43.0 Å². The Morgan fingerprint density at radius 1 is 1.33 bits per heavy atom. The topological polar surface area (TPSA) is 29.5 Å². The summed E-state index contributed by atoms with van der Waals surface area (Å²) in [5.74, 6) is 0.487. The highest BCUT2D eigenvalue weighted by atomic mass is 16.5. The molecule has 0 spiro atoms. The van der Waals surface area contributed by atoms with E-state index in [0.717, 1.165) is 25.9 Å². The van der Waals surface area contributed by atoms with Crippen LogP contribution in [0.25, 0.3) is 0 Å². The molecule has 0 amide bonds. The van der Waals surface area contributed by atoms with Crippen LogP contribution in [0.4, 0.5) is 0 Å². The first-order chi connectivity index (χ1) is 8.56. The molecule has 3 heteroatoms. The molecule has 0 aliphatic carbocycles. The normalized spacial score (nSPS) is 22.4. The van der Waals surface area contributed by atoms with Crippen molar-refractivity contribution in [1.29, 1.82) is 0 Å². The molecule has 0 N–H and O–H groups in total. The molecule has 3 nitrogen and oxygen atoms in total. The van der Waals surface area contributed by atoms with E-state index < -0.39 is 0 Å². The average molecular weight is 255 g/mol. The lowest BCUT2D eigenvalue weighted by molar-refractivity contribution is -0.135. The molecule has 0 aromatic carbocycles. The number of carbonyl (C=O) groups is 1. The summed E-state index contributed by atoms with van der Waals surface area (Å²) in [7, 11) is 1.70. The number of Topliss-reactive ketones (excluding diaryl/α,β-unsaturated/α-hetero) is 1. The number of carbonyl (C=O) groups excluding carboxylic acids is 1. The third-order valence-electron chi connectivity index (χ3n) is 4.48. The van der Waals surface area contributed by atoms with E-state index in [-0.39, 0.29) is 11.5 Å². The second-order valence-electron chi connectivity index (χ2n) is 5.72. The van der Waals surface area contributed by atoms with E-state index in [1.165, 1.54) is 19.3 Å². The molecule has 0 aromatic heterocycles. The molecule has 2 unspecified atom stereocenters. The Morgan fingerprint density at radius 3 is 2.44 bits per heavy atom. The van der Waals surface area contributed by atoms with Crippen molar-refractivity contribution in [3.63, 3.8) is 0 Å². The summed E-state index contributed by atoms with van der Waals surface area (Å²) in [5.41, 5.74) is -0.270. The number of ketones is 1. The van der Waals surface area contributed by atoms with E-state index in [2.05, 4.69) is 18.7 Å². The van der Waals surface area contributed by atoms with Crippen molar-refractivity contribution in [2.45, 2.75) is 58.4 Å². The van der Waals surface area contributed by atoms with Gasteiger partial charge in [-0.1, -0.05) is 20.3 Å². The minimum absolute atomic E-state index is 0.0943. The Labute approximate surface area is 112 Å². The summed E-state index contributed by atoms with van der Waals surface area (Å²) in [5, 5.41) is 0. The van der Waals surface area contributed by atoms with Gasteiger partial charge in [0.05, 0.1) is 5.54 Å². The number of hydrogen-bond donors (Lipinski definition) is 0. The summed E-state index contributed by atoms with van der Waals surface area (Å²) in [6, 6.07) is 0. The third-order valence-corrected chi connectivity index (χ3v) is 4.48.